The van der Waals surface area contributed by atoms with E-state index in [0.29, 0.717) is 18.4 Å². The van der Waals surface area contributed by atoms with Crippen LogP contribution in [0.15, 0.2) is 4.52 Å². The van der Waals surface area contributed by atoms with Crippen LogP contribution in [0.5, 0.6) is 0 Å². The molecule has 2 rings (SSSR count). The molecule has 0 amide bonds. The van der Waals surface area contributed by atoms with Crippen molar-refractivity contribution in [3.63, 3.8) is 0 Å². The Morgan fingerprint density at radius 3 is 2.80 bits per heavy atom. The lowest BCUT2D eigenvalue weighted by Gasteiger charge is -2.37. The van der Waals surface area contributed by atoms with Gasteiger partial charge in [0.1, 0.15) is 0 Å². The Bertz CT molecular complexity index is 421. The van der Waals surface area contributed by atoms with E-state index < -0.39 is 6.10 Å². The topological polar surface area (TPSA) is 65.6 Å². The third-order valence-electron chi connectivity index (χ3n) is 4.06. The van der Waals surface area contributed by atoms with E-state index in [-0.39, 0.29) is 5.92 Å². The lowest BCUT2D eigenvalue weighted by Crippen LogP contribution is -2.50. The molecule has 0 aliphatic carbocycles. The van der Waals surface area contributed by atoms with E-state index in [4.69, 9.17) is 4.52 Å². The van der Waals surface area contributed by atoms with Gasteiger partial charge in [0.05, 0.1) is 12.5 Å². The van der Waals surface area contributed by atoms with Crippen molar-refractivity contribution in [3.8, 4) is 0 Å². The number of piperazine rings is 1. The molecule has 1 fully saturated rings. The lowest BCUT2D eigenvalue weighted by atomic mass is 10.0. The minimum absolute atomic E-state index is 0.198. The highest BCUT2D eigenvalue weighted by Crippen LogP contribution is 2.13. The van der Waals surface area contributed by atoms with E-state index in [1.807, 2.05) is 13.8 Å². The first-order valence-electron chi connectivity index (χ1n) is 7.34. The van der Waals surface area contributed by atoms with Gasteiger partial charge in [0.15, 0.2) is 5.82 Å². The van der Waals surface area contributed by atoms with Gasteiger partial charge < -0.3 is 19.4 Å². The Balaban J connectivity index is 1.92. The molecular formula is C14H26N4O2. The molecule has 6 heteroatoms. The van der Waals surface area contributed by atoms with E-state index in [1.165, 1.54) is 0 Å². The predicted molar refractivity (Wildman–Crippen MR) is 76.5 cm³/mol. The number of hydrogen-bond donors (Lipinski definition) is 1. The zero-order valence-corrected chi connectivity index (χ0v) is 12.9. The summed E-state index contributed by atoms with van der Waals surface area (Å²) in [6, 6.07) is 0.425. The molecular weight excluding hydrogens is 256 g/mol. The summed E-state index contributed by atoms with van der Waals surface area (Å²) in [5, 5.41) is 13.9. The maximum absolute atomic E-state index is 9.84. The van der Waals surface area contributed by atoms with E-state index in [1.54, 1.807) is 0 Å². The second-order valence-corrected chi connectivity index (χ2v) is 6.22. The minimum atomic E-state index is -0.424. The number of hydrogen-bond acceptors (Lipinski definition) is 6. The summed E-state index contributed by atoms with van der Waals surface area (Å²) in [5.41, 5.74) is 0. The fraction of sp³-hybridized carbons (Fsp3) is 0.857. The highest BCUT2D eigenvalue weighted by atomic mass is 16.5. The number of aliphatic hydroxyl groups is 1. The van der Waals surface area contributed by atoms with Gasteiger partial charge in [-0.2, -0.15) is 4.98 Å². The summed E-state index contributed by atoms with van der Waals surface area (Å²) in [5.74, 6) is 1.47. The van der Waals surface area contributed by atoms with Crippen LogP contribution in [0.1, 0.15) is 25.6 Å². The Kier molecular flexibility index (Phi) is 5.12. The van der Waals surface area contributed by atoms with Crippen molar-refractivity contribution in [2.24, 2.45) is 5.92 Å². The second-order valence-electron chi connectivity index (χ2n) is 6.22. The SMILES string of the molecule is CC(C)C(O)Cc1nc(CC2CN(C)CCN2C)no1. The molecule has 114 valence electrons. The molecule has 0 saturated carbocycles. The fourth-order valence-electron chi connectivity index (χ4n) is 2.40. The standard InChI is InChI=1S/C14H26N4O2/c1-10(2)12(19)8-14-15-13(16-20-14)7-11-9-17(3)5-6-18(11)4/h10-12,19H,5-9H2,1-4H3. The smallest absolute Gasteiger partial charge is 0.229 e. The summed E-state index contributed by atoms with van der Waals surface area (Å²) >= 11 is 0. The van der Waals surface area contributed by atoms with Gasteiger partial charge in [0, 0.05) is 32.1 Å². The first kappa shape index (κ1) is 15.4. The Labute approximate surface area is 120 Å². The number of likely N-dealkylation sites (N-methyl/N-ethyl adjacent to an activating group) is 2. The number of rotatable bonds is 5. The number of aliphatic hydroxyl groups excluding tert-OH is 1. The molecule has 6 nitrogen and oxygen atoms in total. The third-order valence-corrected chi connectivity index (χ3v) is 4.06. The molecule has 0 bridgehead atoms. The molecule has 1 aliphatic heterocycles. The number of nitrogens with zero attached hydrogens (tertiary/aromatic N) is 4. The summed E-state index contributed by atoms with van der Waals surface area (Å²) < 4.78 is 5.24. The molecule has 1 aliphatic rings. The minimum Gasteiger partial charge on any atom is -0.392 e. The maximum atomic E-state index is 9.84. The molecule has 1 saturated heterocycles. The molecule has 1 aromatic rings. The van der Waals surface area contributed by atoms with Crippen molar-refractivity contribution in [2.75, 3.05) is 33.7 Å². The highest BCUT2D eigenvalue weighted by Gasteiger charge is 2.24. The normalized spacial score (nSPS) is 23.4. The molecule has 20 heavy (non-hydrogen) atoms. The van der Waals surface area contributed by atoms with Crippen molar-refractivity contribution >= 4 is 0 Å². The summed E-state index contributed by atoms with van der Waals surface area (Å²) in [6.07, 6.45) is 0.805. The van der Waals surface area contributed by atoms with E-state index in [9.17, 15) is 5.11 Å². The van der Waals surface area contributed by atoms with Crippen LogP contribution in [0, 0.1) is 5.92 Å². The van der Waals surface area contributed by atoms with E-state index in [2.05, 4.69) is 34.0 Å². The molecule has 1 N–H and O–H groups in total. The zero-order valence-electron chi connectivity index (χ0n) is 12.9. The molecule has 1 aromatic heterocycles. The van der Waals surface area contributed by atoms with Crippen molar-refractivity contribution in [2.45, 2.75) is 38.8 Å². The quantitative estimate of drug-likeness (QED) is 0.844. The van der Waals surface area contributed by atoms with Crippen molar-refractivity contribution in [3.05, 3.63) is 11.7 Å². The van der Waals surface area contributed by atoms with Crippen LogP contribution in [-0.4, -0.2) is 70.9 Å². The van der Waals surface area contributed by atoms with Crippen LogP contribution >= 0.6 is 0 Å². The van der Waals surface area contributed by atoms with Gasteiger partial charge in [0.2, 0.25) is 5.89 Å². The molecule has 0 spiro atoms. The Hall–Kier alpha value is -0.980. The first-order chi connectivity index (χ1) is 9.45. The summed E-state index contributed by atoms with van der Waals surface area (Å²) in [6.45, 7) is 7.15. The first-order valence-corrected chi connectivity index (χ1v) is 7.34. The maximum Gasteiger partial charge on any atom is 0.229 e. The molecule has 0 aromatic carbocycles. The zero-order chi connectivity index (χ0) is 14.7. The average molecular weight is 282 g/mol. The molecule has 0 radical (unpaired) electrons. The van der Waals surface area contributed by atoms with Gasteiger partial charge >= 0.3 is 0 Å². The third kappa shape index (κ3) is 4.01. The lowest BCUT2D eigenvalue weighted by molar-refractivity contribution is 0.112. The van der Waals surface area contributed by atoms with Gasteiger partial charge in [-0.25, -0.2) is 0 Å². The summed E-state index contributed by atoms with van der Waals surface area (Å²) in [7, 11) is 4.28. The predicted octanol–water partition coefficient (Wildman–Crippen LogP) is 0.417. The van der Waals surface area contributed by atoms with Gasteiger partial charge in [-0.3, -0.25) is 0 Å². The molecule has 2 heterocycles. The van der Waals surface area contributed by atoms with Crippen molar-refractivity contribution in [1.29, 1.82) is 0 Å². The highest BCUT2D eigenvalue weighted by molar-refractivity contribution is 4.94. The second kappa shape index (κ2) is 6.65. The monoisotopic (exact) mass is 282 g/mol. The van der Waals surface area contributed by atoms with Gasteiger partial charge in [-0.05, 0) is 20.0 Å². The van der Waals surface area contributed by atoms with Gasteiger partial charge in [-0.15, -0.1) is 0 Å². The largest absolute Gasteiger partial charge is 0.392 e. The fourth-order valence-corrected chi connectivity index (χ4v) is 2.40. The number of aromatic nitrogens is 2. The van der Waals surface area contributed by atoms with E-state index in [0.717, 1.165) is 31.9 Å². The molecule has 2 unspecified atom stereocenters. The van der Waals surface area contributed by atoms with Crippen molar-refractivity contribution < 1.29 is 9.63 Å². The Morgan fingerprint density at radius 2 is 2.10 bits per heavy atom. The van der Waals surface area contributed by atoms with Crippen LogP contribution in [0.4, 0.5) is 0 Å². The summed E-state index contributed by atoms with van der Waals surface area (Å²) in [4.78, 5) is 9.08. The average Bonchev–Trinajstić information content (AvgIpc) is 2.81. The van der Waals surface area contributed by atoms with Crippen LogP contribution in [-0.2, 0) is 12.8 Å². The van der Waals surface area contributed by atoms with Gasteiger partial charge in [-0.1, -0.05) is 19.0 Å². The van der Waals surface area contributed by atoms with Crippen LogP contribution in [0.25, 0.3) is 0 Å². The molecule has 2 atom stereocenters. The van der Waals surface area contributed by atoms with Crippen LogP contribution in [0.2, 0.25) is 0 Å². The van der Waals surface area contributed by atoms with Crippen LogP contribution < -0.4 is 0 Å². The van der Waals surface area contributed by atoms with E-state index >= 15 is 0 Å². The van der Waals surface area contributed by atoms with Gasteiger partial charge in [0.25, 0.3) is 0 Å². The van der Waals surface area contributed by atoms with Crippen molar-refractivity contribution in [1.82, 2.24) is 19.9 Å². The van der Waals surface area contributed by atoms with Crippen LogP contribution in [0.3, 0.4) is 0 Å². The Morgan fingerprint density at radius 1 is 1.35 bits per heavy atom.